The molecule has 0 fully saturated rings. The molecule has 240 valence electrons. The fraction of sp³-hybridized carbons (Fsp3) is 0. The summed E-state index contributed by atoms with van der Waals surface area (Å²) in [5, 5.41) is 21.1. The summed E-state index contributed by atoms with van der Waals surface area (Å²) in [6, 6.07) is 57.8. The maximum atomic E-state index is 2.59. The van der Waals surface area contributed by atoms with E-state index in [1.807, 2.05) is 0 Å². The monoisotopic (exact) mass is 667 g/mol. The molecule has 0 aromatic heterocycles. The summed E-state index contributed by atoms with van der Waals surface area (Å²) in [7, 11) is 0. The van der Waals surface area contributed by atoms with Gasteiger partial charge in [0.05, 0.1) is 50.0 Å². The molecule has 0 N–H and O–H groups in total. The second kappa shape index (κ2) is 8.33. The molecule has 0 saturated carbocycles. The number of rotatable bonds is 0. The van der Waals surface area contributed by atoms with Crippen molar-refractivity contribution in [2.24, 2.45) is 0 Å². The quantitative estimate of drug-likeness (QED) is 0.113. The fourth-order valence-electron chi connectivity index (χ4n) is 11.0. The van der Waals surface area contributed by atoms with Crippen LogP contribution in [0.2, 0.25) is 0 Å². The van der Waals surface area contributed by atoms with Gasteiger partial charge in [0.2, 0.25) is 0 Å². The van der Waals surface area contributed by atoms with Gasteiger partial charge >= 0.3 is 0 Å². The van der Waals surface area contributed by atoms with E-state index in [-0.39, 0.29) is 0 Å². The van der Waals surface area contributed by atoms with Crippen LogP contribution in [0.15, 0.2) is 152 Å². The van der Waals surface area contributed by atoms with E-state index in [9.17, 15) is 0 Å². The van der Waals surface area contributed by atoms with E-state index < -0.39 is 0 Å². The summed E-state index contributed by atoms with van der Waals surface area (Å²) in [5.41, 5.74) is 11.1. The number of hydrogen-bond acceptors (Lipinski definition) is 0. The highest BCUT2D eigenvalue weighted by Crippen LogP contribution is 2.50. The van der Waals surface area contributed by atoms with E-state index >= 15 is 0 Å². The van der Waals surface area contributed by atoms with E-state index in [0.29, 0.717) is 0 Å². The third kappa shape index (κ3) is 2.70. The van der Waals surface area contributed by atoms with Crippen LogP contribution in [0.4, 0.5) is 0 Å². The van der Waals surface area contributed by atoms with Gasteiger partial charge in [0.15, 0.2) is 0 Å². The van der Waals surface area contributed by atoms with Crippen molar-refractivity contribution >= 4 is 125 Å². The van der Waals surface area contributed by atoms with Gasteiger partial charge in [0.1, 0.15) is 0 Å². The Hall–Kier alpha value is -7.10. The Morgan fingerprint density at radius 2 is 0.660 bits per heavy atom. The predicted octanol–water partition coefficient (Wildman–Crippen LogP) is 13.4. The molecule has 0 amide bonds. The molecule has 0 unspecified atom stereocenters. The number of pyridine rings is 2. The van der Waals surface area contributed by atoms with Gasteiger partial charge in [-0.2, -0.15) is 0 Å². The van der Waals surface area contributed by atoms with E-state index in [1.165, 1.54) is 136 Å². The molecule has 0 bridgehead atoms. The summed E-state index contributed by atoms with van der Waals surface area (Å²) >= 11 is 0. The molecular formula is C50H25N3. The topological polar surface area (TPSA) is 14.3 Å². The molecule has 4 aliphatic rings. The van der Waals surface area contributed by atoms with Gasteiger partial charge in [-0.05, 0) is 90.3 Å². The molecule has 15 rings (SSSR count). The molecule has 0 radical (unpaired) electrons. The first-order chi connectivity index (χ1) is 26.3. The number of nitrogens with zero attached hydrogens (tertiary/aromatic N) is 3. The minimum Gasteiger partial charge on any atom is -0.305 e. The molecule has 0 aliphatic carbocycles. The SMILES string of the molecule is c1cc2ccc3ccc4c5cccc6c5-n(c5cc(c1)c2c3c45)c1cccc2c1n6c1cccc3c1-n2c1cc2cccc4ccc5ccc3c1c5c42. The van der Waals surface area contributed by atoms with E-state index in [2.05, 4.69) is 165 Å². The van der Waals surface area contributed by atoms with Crippen molar-refractivity contribution in [1.82, 2.24) is 13.5 Å². The number of para-hydroxylation sites is 3. The molecule has 4 aliphatic heterocycles. The normalized spacial score (nSPS) is 13.3. The lowest BCUT2D eigenvalue weighted by molar-refractivity contribution is 1.09. The van der Waals surface area contributed by atoms with Gasteiger partial charge in [-0.15, -0.1) is 0 Å². The first-order valence-electron chi connectivity index (χ1n) is 18.5. The summed E-state index contributed by atoms with van der Waals surface area (Å²) < 4.78 is 7.75. The fourth-order valence-corrected chi connectivity index (χ4v) is 11.0. The summed E-state index contributed by atoms with van der Waals surface area (Å²) in [6.07, 6.45) is 0. The highest BCUT2D eigenvalue weighted by molar-refractivity contribution is 6.36. The third-order valence-corrected chi connectivity index (χ3v) is 12.9. The summed E-state index contributed by atoms with van der Waals surface area (Å²) in [5.74, 6) is 0. The maximum absolute atomic E-state index is 2.59. The van der Waals surface area contributed by atoms with Crippen LogP contribution < -0.4 is 0 Å². The van der Waals surface area contributed by atoms with Crippen molar-refractivity contribution in [3.63, 3.8) is 0 Å². The van der Waals surface area contributed by atoms with Crippen LogP contribution in [-0.2, 0) is 0 Å². The second-order valence-corrected chi connectivity index (χ2v) is 15.3. The zero-order valence-electron chi connectivity index (χ0n) is 28.3. The van der Waals surface area contributed by atoms with Crippen molar-refractivity contribution in [2.45, 2.75) is 0 Å². The largest absolute Gasteiger partial charge is 0.305 e. The first kappa shape index (κ1) is 25.8. The maximum Gasteiger partial charge on any atom is 0.0947 e. The lowest BCUT2D eigenvalue weighted by Gasteiger charge is -2.31. The molecule has 11 aromatic carbocycles. The molecule has 0 saturated heterocycles. The van der Waals surface area contributed by atoms with Crippen LogP contribution in [0.3, 0.4) is 0 Å². The second-order valence-electron chi connectivity index (χ2n) is 15.3. The first-order valence-corrected chi connectivity index (χ1v) is 18.5. The van der Waals surface area contributed by atoms with Crippen molar-refractivity contribution in [3.8, 4) is 11.4 Å². The Labute approximate surface area is 300 Å². The molecule has 0 atom stereocenters. The minimum absolute atomic E-state index is 1.21. The van der Waals surface area contributed by atoms with Gasteiger partial charge in [-0.25, -0.2) is 0 Å². The lowest BCUT2D eigenvalue weighted by Crippen LogP contribution is -2.15. The van der Waals surface area contributed by atoms with Gasteiger partial charge in [-0.3, -0.25) is 0 Å². The molecule has 3 nitrogen and oxygen atoms in total. The number of benzene rings is 11. The van der Waals surface area contributed by atoms with Crippen LogP contribution in [0.5, 0.6) is 0 Å². The average molecular weight is 668 g/mol. The Bertz CT molecular complexity index is 3760. The van der Waals surface area contributed by atoms with Gasteiger partial charge < -0.3 is 13.5 Å². The Morgan fingerprint density at radius 1 is 0.264 bits per heavy atom. The molecule has 11 aromatic rings. The van der Waals surface area contributed by atoms with Crippen LogP contribution in [0.1, 0.15) is 0 Å². The summed E-state index contributed by atoms with van der Waals surface area (Å²) in [6.45, 7) is 0. The van der Waals surface area contributed by atoms with Crippen molar-refractivity contribution < 1.29 is 0 Å². The minimum atomic E-state index is 1.21. The van der Waals surface area contributed by atoms with Crippen molar-refractivity contribution in [2.75, 3.05) is 0 Å². The van der Waals surface area contributed by atoms with Gasteiger partial charge in [-0.1, -0.05) is 115 Å². The standard InChI is InChI=1S/C50H25N3/c1-6-26-16-18-28-20-22-32-34-10-3-12-36-48(34)52(40-24-30(8-1)42(26)44(28)46(32)40)38-14-5-15-39-50(38)51(36)37-13-4-11-35-33-23-21-29-19-17-27-7-2-9-31-25-41(53(39)49(35)37)47(33)45(29)43(27)31/h1-25H. The van der Waals surface area contributed by atoms with Crippen LogP contribution in [0.25, 0.3) is 136 Å². The number of aromatic nitrogens is 3. The molecule has 3 heteroatoms. The smallest absolute Gasteiger partial charge is 0.0947 e. The van der Waals surface area contributed by atoms with Gasteiger partial charge in [0.25, 0.3) is 0 Å². The number of fused-ring (bicyclic) bond motifs is 8. The van der Waals surface area contributed by atoms with Crippen LogP contribution in [-0.4, -0.2) is 13.5 Å². The van der Waals surface area contributed by atoms with E-state index in [4.69, 9.17) is 0 Å². The van der Waals surface area contributed by atoms with Crippen LogP contribution in [0, 0.1) is 0 Å². The zero-order valence-corrected chi connectivity index (χ0v) is 28.3. The molecule has 4 heterocycles. The summed E-state index contributed by atoms with van der Waals surface area (Å²) in [4.78, 5) is 0. The predicted molar refractivity (Wildman–Crippen MR) is 225 cm³/mol. The molecule has 0 spiro atoms. The van der Waals surface area contributed by atoms with E-state index in [1.54, 1.807) is 0 Å². The molecular weight excluding hydrogens is 643 g/mol. The van der Waals surface area contributed by atoms with Gasteiger partial charge in [0, 0.05) is 32.3 Å². The van der Waals surface area contributed by atoms with Crippen molar-refractivity contribution in [1.29, 1.82) is 0 Å². The highest BCUT2D eigenvalue weighted by Gasteiger charge is 2.28. The Balaban J connectivity index is 1.29. The third-order valence-electron chi connectivity index (χ3n) is 12.9. The average Bonchev–Trinajstić information content (AvgIpc) is 3.21. The highest BCUT2D eigenvalue weighted by atomic mass is 15.1. The zero-order chi connectivity index (χ0) is 33.8. The lowest BCUT2D eigenvalue weighted by atomic mass is 9.89. The van der Waals surface area contributed by atoms with Crippen LogP contribution >= 0.6 is 0 Å². The number of hydrogen-bond donors (Lipinski definition) is 0. The Morgan fingerprint density at radius 3 is 1.17 bits per heavy atom. The van der Waals surface area contributed by atoms with E-state index in [0.717, 1.165) is 0 Å². The Kier molecular flexibility index (Phi) is 4.06. The molecule has 53 heavy (non-hydrogen) atoms. The van der Waals surface area contributed by atoms with Crippen molar-refractivity contribution in [3.05, 3.63) is 152 Å².